The summed E-state index contributed by atoms with van der Waals surface area (Å²) in [6.07, 6.45) is 8.45. The number of hydrogen-bond donors (Lipinski definition) is 1. The molecule has 3 atom stereocenters. The first kappa shape index (κ1) is 16.3. The van der Waals surface area contributed by atoms with Crippen molar-refractivity contribution in [3.63, 3.8) is 0 Å². The Labute approximate surface area is 126 Å². The predicted octanol–water partition coefficient (Wildman–Crippen LogP) is 2.57. The maximum Gasteiger partial charge on any atom is 0.0223 e. The lowest BCUT2D eigenvalue weighted by molar-refractivity contribution is 0.193. The first-order valence-corrected chi connectivity index (χ1v) is 8.86. The molecule has 1 saturated carbocycles. The number of rotatable bonds is 7. The van der Waals surface area contributed by atoms with E-state index in [0.717, 1.165) is 24.5 Å². The molecular formula is C17H35N3. The summed E-state index contributed by atoms with van der Waals surface area (Å²) in [6, 6.07) is 1.58. The molecule has 2 aliphatic rings. The maximum absolute atomic E-state index is 3.80. The van der Waals surface area contributed by atoms with Gasteiger partial charge in [0, 0.05) is 31.7 Å². The normalized spacial score (nSPS) is 32.1. The summed E-state index contributed by atoms with van der Waals surface area (Å²) in [5.41, 5.74) is 0. The maximum atomic E-state index is 3.80. The monoisotopic (exact) mass is 281 g/mol. The van der Waals surface area contributed by atoms with Crippen LogP contribution in [0.4, 0.5) is 0 Å². The van der Waals surface area contributed by atoms with E-state index in [9.17, 15) is 0 Å². The van der Waals surface area contributed by atoms with Gasteiger partial charge in [0.2, 0.25) is 0 Å². The second kappa shape index (κ2) is 8.35. The van der Waals surface area contributed by atoms with Crippen LogP contribution in [-0.4, -0.2) is 61.7 Å². The van der Waals surface area contributed by atoms with Crippen LogP contribution in [0.2, 0.25) is 0 Å². The van der Waals surface area contributed by atoms with Crippen molar-refractivity contribution in [3.8, 4) is 0 Å². The molecule has 0 amide bonds. The van der Waals surface area contributed by atoms with E-state index in [4.69, 9.17) is 0 Å². The smallest absolute Gasteiger partial charge is 0.0223 e. The molecule has 1 N–H and O–H groups in total. The largest absolute Gasteiger partial charge is 0.312 e. The minimum Gasteiger partial charge on any atom is -0.312 e. The lowest BCUT2D eigenvalue weighted by Crippen LogP contribution is -2.44. The molecule has 1 aliphatic carbocycles. The highest BCUT2D eigenvalue weighted by Crippen LogP contribution is 2.23. The molecular weight excluding hydrogens is 246 g/mol. The molecule has 3 unspecified atom stereocenters. The van der Waals surface area contributed by atoms with E-state index in [1.165, 1.54) is 64.7 Å². The lowest BCUT2D eigenvalue weighted by atomic mass is 9.86. The van der Waals surface area contributed by atoms with Crippen LogP contribution in [0.1, 0.15) is 52.4 Å². The van der Waals surface area contributed by atoms with Crippen molar-refractivity contribution >= 4 is 0 Å². The molecule has 0 bridgehead atoms. The summed E-state index contributed by atoms with van der Waals surface area (Å²) in [4.78, 5) is 5.17. The van der Waals surface area contributed by atoms with Gasteiger partial charge in [0.15, 0.2) is 0 Å². The Morgan fingerprint density at radius 1 is 1.15 bits per heavy atom. The second-order valence-electron chi connectivity index (χ2n) is 7.01. The standard InChI is InChI=1S/C17H35N3/c1-4-20-12-7-9-16(20)14-19(3)13-11-18-17-10-6-5-8-15(17)2/h15-18H,4-14H2,1-3H3. The van der Waals surface area contributed by atoms with Gasteiger partial charge in [-0.05, 0) is 51.7 Å². The Balaban J connectivity index is 1.61. The van der Waals surface area contributed by atoms with E-state index in [0.29, 0.717) is 0 Å². The van der Waals surface area contributed by atoms with Crippen molar-refractivity contribution in [2.75, 3.05) is 39.8 Å². The number of likely N-dealkylation sites (N-methyl/N-ethyl adjacent to an activating group) is 2. The van der Waals surface area contributed by atoms with E-state index in [1.807, 2.05) is 0 Å². The first-order valence-electron chi connectivity index (χ1n) is 8.86. The van der Waals surface area contributed by atoms with Gasteiger partial charge in [0.25, 0.3) is 0 Å². The molecule has 1 heterocycles. The molecule has 2 fully saturated rings. The van der Waals surface area contributed by atoms with Gasteiger partial charge >= 0.3 is 0 Å². The van der Waals surface area contributed by atoms with Gasteiger partial charge in [-0.25, -0.2) is 0 Å². The fourth-order valence-corrected chi connectivity index (χ4v) is 4.03. The van der Waals surface area contributed by atoms with E-state index < -0.39 is 0 Å². The van der Waals surface area contributed by atoms with Crippen LogP contribution < -0.4 is 5.32 Å². The highest BCUT2D eigenvalue weighted by atomic mass is 15.2. The van der Waals surface area contributed by atoms with Gasteiger partial charge in [0.05, 0.1) is 0 Å². The number of nitrogens with one attached hydrogen (secondary N) is 1. The SMILES string of the molecule is CCN1CCCC1CN(C)CCNC1CCCCC1C. The molecule has 3 heteroatoms. The van der Waals surface area contributed by atoms with Crippen LogP contribution in [0.15, 0.2) is 0 Å². The van der Waals surface area contributed by atoms with Crippen molar-refractivity contribution in [2.24, 2.45) is 5.92 Å². The summed E-state index contributed by atoms with van der Waals surface area (Å²) in [6.45, 7) is 10.8. The summed E-state index contributed by atoms with van der Waals surface area (Å²) >= 11 is 0. The van der Waals surface area contributed by atoms with Crippen molar-refractivity contribution in [2.45, 2.75) is 64.5 Å². The highest BCUT2D eigenvalue weighted by Gasteiger charge is 2.24. The van der Waals surface area contributed by atoms with Gasteiger partial charge in [-0.15, -0.1) is 0 Å². The number of likely N-dealkylation sites (tertiary alicyclic amines) is 1. The van der Waals surface area contributed by atoms with Crippen molar-refractivity contribution in [3.05, 3.63) is 0 Å². The quantitative estimate of drug-likeness (QED) is 0.774. The summed E-state index contributed by atoms with van der Waals surface area (Å²) in [5, 5.41) is 3.80. The molecule has 20 heavy (non-hydrogen) atoms. The van der Waals surface area contributed by atoms with Crippen molar-refractivity contribution in [1.29, 1.82) is 0 Å². The first-order chi connectivity index (χ1) is 9.70. The average Bonchev–Trinajstić information content (AvgIpc) is 2.88. The van der Waals surface area contributed by atoms with E-state index >= 15 is 0 Å². The number of hydrogen-bond acceptors (Lipinski definition) is 3. The Morgan fingerprint density at radius 2 is 1.95 bits per heavy atom. The zero-order valence-electron chi connectivity index (χ0n) is 13.9. The summed E-state index contributed by atoms with van der Waals surface area (Å²) < 4.78 is 0. The summed E-state index contributed by atoms with van der Waals surface area (Å²) in [7, 11) is 2.29. The third-order valence-electron chi connectivity index (χ3n) is 5.44. The van der Waals surface area contributed by atoms with Crippen molar-refractivity contribution in [1.82, 2.24) is 15.1 Å². The third kappa shape index (κ3) is 4.71. The van der Waals surface area contributed by atoms with Gasteiger partial charge in [-0.2, -0.15) is 0 Å². The van der Waals surface area contributed by atoms with Crippen LogP contribution in [0.5, 0.6) is 0 Å². The Bertz CT molecular complexity index is 269. The topological polar surface area (TPSA) is 18.5 Å². The van der Waals surface area contributed by atoms with E-state index in [1.54, 1.807) is 0 Å². The zero-order chi connectivity index (χ0) is 14.4. The predicted molar refractivity (Wildman–Crippen MR) is 87.2 cm³/mol. The van der Waals surface area contributed by atoms with E-state index in [-0.39, 0.29) is 0 Å². The lowest BCUT2D eigenvalue weighted by Gasteiger charge is -2.31. The van der Waals surface area contributed by atoms with Crippen LogP contribution >= 0.6 is 0 Å². The Kier molecular flexibility index (Phi) is 6.79. The van der Waals surface area contributed by atoms with Gasteiger partial charge in [0.1, 0.15) is 0 Å². The van der Waals surface area contributed by atoms with Crippen LogP contribution in [-0.2, 0) is 0 Å². The Hall–Kier alpha value is -0.120. The third-order valence-corrected chi connectivity index (χ3v) is 5.44. The molecule has 0 radical (unpaired) electrons. The molecule has 0 spiro atoms. The van der Waals surface area contributed by atoms with Crippen LogP contribution in [0.3, 0.4) is 0 Å². The summed E-state index contributed by atoms with van der Waals surface area (Å²) in [5.74, 6) is 0.875. The minimum absolute atomic E-state index is 0.774. The molecule has 1 aliphatic heterocycles. The molecule has 0 aromatic rings. The second-order valence-corrected chi connectivity index (χ2v) is 7.01. The number of nitrogens with zero attached hydrogens (tertiary/aromatic N) is 2. The molecule has 3 nitrogen and oxygen atoms in total. The van der Waals surface area contributed by atoms with E-state index in [2.05, 4.69) is 36.0 Å². The zero-order valence-corrected chi connectivity index (χ0v) is 13.9. The fourth-order valence-electron chi connectivity index (χ4n) is 4.03. The van der Waals surface area contributed by atoms with Crippen molar-refractivity contribution < 1.29 is 0 Å². The van der Waals surface area contributed by atoms with Gasteiger partial charge in [-0.3, -0.25) is 4.90 Å². The molecule has 118 valence electrons. The highest BCUT2D eigenvalue weighted by molar-refractivity contribution is 4.81. The minimum atomic E-state index is 0.774. The molecule has 0 aromatic carbocycles. The van der Waals surface area contributed by atoms with Gasteiger partial charge in [-0.1, -0.05) is 26.7 Å². The Morgan fingerprint density at radius 3 is 2.70 bits per heavy atom. The van der Waals surface area contributed by atoms with Crippen LogP contribution in [0.25, 0.3) is 0 Å². The molecule has 0 aromatic heterocycles. The average molecular weight is 281 g/mol. The molecule has 2 rings (SSSR count). The fraction of sp³-hybridized carbons (Fsp3) is 1.00. The van der Waals surface area contributed by atoms with Gasteiger partial charge < -0.3 is 10.2 Å². The molecule has 1 saturated heterocycles. The van der Waals surface area contributed by atoms with Crippen LogP contribution in [0, 0.1) is 5.92 Å².